The Morgan fingerprint density at radius 1 is 0.757 bits per heavy atom. The van der Waals surface area contributed by atoms with Gasteiger partial charge in [0.05, 0.1) is 17.5 Å². The zero-order valence-electron chi connectivity index (χ0n) is 19.3. The molecule has 6 nitrogen and oxygen atoms in total. The van der Waals surface area contributed by atoms with E-state index in [9.17, 15) is 8.78 Å². The maximum atomic E-state index is 14.6. The Morgan fingerprint density at radius 3 is 2.19 bits per heavy atom. The highest BCUT2D eigenvalue weighted by atomic mass is 19.1. The van der Waals surface area contributed by atoms with E-state index in [0.29, 0.717) is 39.4 Å². The molecule has 5 aromatic rings. The molecular weight excluding hydrogens is 472 g/mol. The van der Waals surface area contributed by atoms with Crippen LogP contribution in [0.1, 0.15) is 28.2 Å². The molecule has 1 atom stereocenters. The van der Waals surface area contributed by atoms with Crippen LogP contribution in [-0.2, 0) is 0 Å². The first-order valence-electron chi connectivity index (χ1n) is 11.5. The van der Waals surface area contributed by atoms with Gasteiger partial charge in [-0.1, -0.05) is 30.3 Å². The Labute approximate surface area is 211 Å². The number of benzene rings is 2. The lowest BCUT2D eigenvalue weighted by molar-refractivity contribution is 0.450. The van der Waals surface area contributed by atoms with Crippen molar-refractivity contribution in [3.63, 3.8) is 0 Å². The van der Waals surface area contributed by atoms with Gasteiger partial charge in [0, 0.05) is 40.6 Å². The molecule has 1 aliphatic heterocycles. The van der Waals surface area contributed by atoms with Gasteiger partial charge in [-0.05, 0) is 53.6 Å². The van der Waals surface area contributed by atoms with Crippen molar-refractivity contribution in [2.75, 3.05) is 0 Å². The Hall–Kier alpha value is -4.98. The standard InChI is InChI=1S/C29H19F2N5O/c30-27-17(7-3-11-34-27)16-9-10-24-21(13-16)26(18-5-1-2-6-19(18)29(32)33)22-14-23(36-15-25(22)37-24)20-8-4-12-35-28(20)31/h1-15,26H,(H3,32,33). The first kappa shape index (κ1) is 22.5. The summed E-state index contributed by atoms with van der Waals surface area (Å²) in [6.45, 7) is 0. The van der Waals surface area contributed by atoms with Gasteiger partial charge in [0.25, 0.3) is 0 Å². The number of nitrogens with one attached hydrogen (secondary N) is 1. The Morgan fingerprint density at radius 2 is 1.46 bits per heavy atom. The van der Waals surface area contributed by atoms with E-state index >= 15 is 0 Å². The van der Waals surface area contributed by atoms with Crippen LogP contribution in [0.15, 0.2) is 91.4 Å². The normalized spacial score (nSPS) is 13.8. The van der Waals surface area contributed by atoms with Gasteiger partial charge in [-0.3, -0.25) is 10.4 Å². The van der Waals surface area contributed by atoms with Crippen LogP contribution >= 0.6 is 0 Å². The topological polar surface area (TPSA) is 97.8 Å². The second-order valence-electron chi connectivity index (χ2n) is 8.58. The van der Waals surface area contributed by atoms with Crippen LogP contribution in [0, 0.1) is 17.3 Å². The molecule has 6 rings (SSSR count). The summed E-state index contributed by atoms with van der Waals surface area (Å²) in [5.41, 5.74) is 10.3. The molecule has 0 radical (unpaired) electrons. The van der Waals surface area contributed by atoms with E-state index in [0.717, 1.165) is 11.1 Å². The average Bonchev–Trinajstić information content (AvgIpc) is 2.92. The Balaban J connectivity index is 1.61. The largest absolute Gasteiger partial charge is 0.455 e. The molecular formula is C29H19F2N5O. The number of ether oxygens (including phenoxy) is 1. The Bertz CT molecular complexity index is 1590. The van der Waals surface area contributed by atoms with Crippen LogP contribution < -0.4 is 10.5 Å². The van der Waals surface area contributed by atoms with Crippen molar-refractivity contribution >= 4 is 5.84 Å². The number of rotatable bonds is 4. The third-order valence-corrected chi connectivity index (χ3v) is 6.42. The molecule has 1 unspecified atom stereocenters. The lowest BCUT2D eigenvalue weighted by Crippen LogP contribution is -2.19. The fourth-order valence-electron chi connectivity index (χ4n) is 4.74. The van der Waals surface area contributed by atoms with E-state index in [1.807, 2.05) is 24.3 Å². The summed E-state index contributed by atoms with van der Waals surface area (Å²) in [7, 11) is 0. The quantitative estimate of drug-likeness (QED) is 0.178. The van der Waals surface area contributed by atoms with Crippen molar-refractivity contribution in [2.45, 2.75) is 5.92 Å². The minimum Gasteiger partial charge on any atom is -0.455 e. The molecule has 180 valence electrons. The number of amidine groups is 1. The molecule has 0 amide bonds. The highest BCUT2D eigenvalue weighted by molar-refractivity contribution is 5.97. The molecule has 0 spiro atoms. The average molecular weight is 492 g/mol. The van der Waals surface area contributed by atoms with E-state index < -0.39 is 17.8 Å². The third kappa shape index (κ3) is 3.88. The van der Waals surface area contributed by atoms with Gasteiger partial charge >= 0.3 is 0 Å². The molecule has 1 aliphatic rings. The van der Waals surface area contributed by atoms with Crippen molar-refractivity contribution in [1.82, 2.24) is 15.0 Å². The molecule has 8 heteroatoms. The molecule has 2 aromatic carbocycles. The number of nitrogens with two attached hydrogens (primary N) is 1. The molecule has 0 aliphatic carbocycles. The molecule has 0 saturated carbocycles. The number of hydrogen-bond donors (Lipinski definition) is 2. The second kappa shape index (κ2) is 8.91. The van der Waals surface area contributed by atoms with Crippen LogP contribution in [0.5, 0.6) is 11.5 Å². The summed E-state index contributed by atoms with van der Waals surface area (Å²) < 4.78 is 35.3. The van der Waals surface area contributed by atoms with Gasteiger partial charge in [-0.15, -0.1) is 0 Å². The monoisotopic (exact) mass is 491 g/mol. The zero-order chi connectivity index (χ0) is 25.5. The van der Waals surface area contributed by atoms with Gasteiger partial charge in [0.1, 0.15) is 17.3 Å². The minimum absolute atomic E-state index is 0.0905. The van der Waals surface area contributed by atoms with Gasteiger partial charge in [0.2, 0.25) is 11.9 Å². The number of hydrogen-bond acceptors (Lipinski definition) is 5. The van der Waals surface area contributed by atoms with Gasteiger partial charge in [-0.2, -0.15) is 8.78 Å². The number of aromatic nitrogens is 3. The first-order chi connectivity index (χ1) is 18.0. The minimum atomic E-state index is -0.637. The summed E-state index contributed by atoms with van der Waals surface area (Å²) in [4.78, 5) is 12.0. The smallest absolute Gasteiger partial charge is 0.222 e. The van der Waals surface area contributed by atoms with Crippen LogP contribution in [0.25, 0.3) is 22.4 Å². The predicted molar refractivity (Wildman–Crippen MR) is 136 cm³/mol. The van der Waals surface area contributed by atoms with E-state index in [2.05, 4.69) is 15.0 Å². The number of halogens is 2. The first-order valence-corrected chi connectivity index (χ1v) is 11.5. The summed E-state index contributed by atoms with van der Waals surface area (Å²) in [5, 5.41) is 8.19. The fourth-order valence-corrected chi connectivity index (χ4v) is 4.74. The van der Waals surface area contributed by atoms with Gasteiger partial charge in [-0.25, -0.2) is 9.97 Å². The van der Waals surface area contributed by atoms with Crippen molar-refractivity contribution in [2.24, 2.45) is 5.73 Å². The van der Waals surface area contributed by atoms with Crippen LogP contribution in [0.4, 0.5) is 8.78 Å². The number of nitrogens with zero attached hydrogens (tertiary/aromatic N) is 3. The number of nitrogen functional groups attached to an aromatic ring is 1. The third-order valence-electron chi connectivity index (χ3n) is 6.42. The van der Waals surface area contributed by atoms with E-state index in [1.54, 1.807) is 54.7 Å². The van der Waals surface area contributed by atoms with Crippen LogP contribution in [0.2, 0.25) is 0 Å². The Kier molecular flexibility index (Phi) is 5.41. The van der Waals surface area contributed by atoms with Crippen molar-refractivity contribution in [3.05, 3.63) is 126 Å². The number of pyridine rings is 3. The number of fused-ring (bicyclic) bond motifs is 2. The highest BCUT2D eigenvalue weighted by Gasteiger charge is 2.32. The van der Waals surface area contributed by atoms with Crippen molar-refractivity contribution < 1.29 is 13.5 Å². The zero-order valence-corrected chi connectivity index (χ0v) is 19.3. The molecule has 0 bridgehead atoms. The van der Waals surface area contributed by atoms with Gasteiger partial charge < -0.3 is 10.5 Å². The van der Waals surface area contributed by atoms with Crippen molar-refractivity contribution in [3.8, 4) is 33.9 Å². The molecule has 0 saturated heterocycles. The lowest BCUT2D eigenvalue weighted by atomic mass is 9.79. The maximum absolute atomic E-state index is 14.6. The van der Waals surface area contributed by atoms with Crippen LogP contribution in [0.3, 0.4) is 0 Å². The van der Waals surface area contributed by atoms with E-state index in [1.165, 1.54) is 12.4 Å². The molecule has 3 N–H and O–H groups in total. The maximum Gasteiger partial charge on any atom is 0.222 e. The fraction of sp³-hybridized carbons (Fsp3) is 0.0345. The molecule has 0 fully saturated rings. The molecule has 3 aromatic heterocycles. The van der Waals surface area contributed by atoms with E-state index in [4.69, 9.17) is 15.9 Å². The summed E-state index contributed by atoms with van der Waals surface area (Å²) in [5.74, 6) is -0.719. The van der Waals surface area contributed by atoms with Gasteiger partial charge in [0.15, 0.2) is 0 Å². The van der Waals surface area contributed by atoms with Crippen molar-refractivity contribution in [1.29, 1.82) is 5.41 Å². The van der Waals surface area contributed by atoms with Crippen LogP contribution in [-0.4, -0.2) is 20.8 Å². The summed E-state index contributed by atoms with van der Waals surface area (Å²) >= 11 is 0. The van der Waals surface area contributed by atoms with E-state index in [-0.39, 0.29) is 11.4 Å². The summed E-state index contributed by atoms with van der Waals surface area (Å²) in [6, 6.07) is 21.1. The second-order valence-corrected chi connectivity index (χ2v) is 8.58. The molecule has 4 heterocycles. The highest BCUT2D eigenvalue weighted by Crippen LogP contribution is 2.49. The lowest BCUT2D eigenvalue weighted by Gasteiger charge is -2.30. The predicted octanol–water partition coefficient (Wildman–Crippen LogP) is 6.05. The SMILES string of the molecule is N=C(N)c1ccccc1C1c2cc(-c3cccnc3F)ccc2Oc2cnc(-c3cccnc3F)cc21. The summed E-state index contributed by atoms with van der Waals surface area (Å²) in [6.07, 6.45) is 4.33. The molecule has 37 heavy (non-hydrogen) atoms.